The van der Waals surface area contributed by atoms with Gasteiger partial charge in [0, 0.05) is 6.42 Å². The van der Waals surface area contributed by atoms with Gasteiger partial charge in [0.05, 0.1) is 18.6 Å². The Bertz CT molecular complexity index is 479. The lowest BCUT2D eigenvalue weighted by atomic mass is 10.0. The van der Waals surface area contributed by atoms with Crippen LogP contribution in [0.15, 0.2) is 24.3 Å². The van der Waals surface area contributed by atoms with Crippen molar-refractivity contribution in [3.63, 3.8) is 0 Å². The summed E-state index contributed by atoms with van der Waals surface area (Å²) < 4.78 is 26.1. The molecule has 0 saturated carbocycles. The summed E-state index contributed by atoms with van der Waals surface area (Å²) in [5.74, 6) is -3.15. The smallest absolute Gasteiger partial charge is 0.262 e. The lowest BCUT2D eigenvalue weighted by Gasteiger charge is -2.18. The van der Waals surface area contributed by atoms with Crippen LogP contribution in [-0.4, -0.2) is 24.4 Å². The van der Waals surface area contributed by atoms with Gasteiger partial charge in [0.15, 0.2) is 0 Å². The first-order valence-electron chi connectivity index (χ1n) is 6.92. The molecule has 21 heavy (non-hydrogen) atoms. The highest BCUT2D eigenvalue weighted by Crippen LogP contribution is 2.25. The van der Waals surface area contributed by atoms with Crippen LogP contribution in [-0.2, 0) is 11.2 Å². The summed E-state index contributed by atoms with van der Waals surface area (Å²) in [7, 11) is 0. The van der Waals surface area contributed by atoms with Crippen LogP contribution >= 0.6 is 12.4 Å². The molecule has 1 aromatic rings. The number of hydrogen-bond donors (Lipinski definition) is 2. The molecule has 6 heteroatoms. The molecule has 0 bridgehead atoms. The fraction of sp³-hybridized carbons (Fsp3) is 0.533. The standard InChI is InChI=1S/C15H20F2N2O.ClH/c1-3-11-4-6-12(7-5-11)10(2)19-14(20)13-8-15(16,17)9-18-13;/h4-7,10,13,18H,3,8-9H2,1-2H3,(H,19,20);1H. The van der Waals surface area contributed by atoms with Gasteiger partial charge in [0.2, 0.25) is 5.91 Å². The minimum Gasteiger partial charge on any atom is -0.348 e. The van der Waals surface area contributed by atoms with Gasteiger partial charge in [0.1, 0.15) is 0 Å². The van der Waals surface area contributed by atoms with Crippen molar-refractivity contribution >= 4 is 18.3 Å². The molecule has 2 atom stereocenters. The van der Waals surface area contributed by atoms with Crippen LogP contribution in [0.4, 0.5) is 8.78 Å². The molecule has 2 N–H and O–H groups in total. The van der Waals surface area contributed by atoms with E-state index in [0.717, 1.165) is 12.0 Å². The quantitative estimate of drug-likeness (QED) is 0.896. The van der Waals surface area contributed by atoms with Crippen LogP contribution in [0.3, 0.4) is 0 Å². The molecule has 1 aromatic carbocycles. The third kappa shape index (κ3) is 4.64. The number of aryl methyl sites for hydroxylation is 1. The third-order valence-electron chi connectivity index (χ3n) is 3.67. The van der Waals surface area contributed by atoms with E-state index < -0.39 is 24.9 Å². The van der Waals surface area contributed by atoms with Crippen LogP contribution in [0.2, 0.25) is 0 Å². The monoisotopic (exact) mass is 318 g/mol. The van der Waals surface area contributed by atoms with Gasteiger partial charge in [0.25, 0.3) is 5.92 Å². The minimum absolute atomic E-state index is 0. The molecule has 0 radical (unpaired) electrons. The van der Waals surface area contributed by atoms with E-state index in [1.165, 1.54) is 5.56 Å². The Morgan fingerprint density at radius 1 is 1.43 bits per heavy atom. The van der Waals surface area contributed by atoms with Gasteiger partial charge in [-0.3, -0.25) is 10.1 Å². The maximum Gasteiger partial charge on any atom is 0.262 e. The first kappa shape index (κ1) is 17.9. The summed E-state index contributed by atoms with van der Waals surface area (Å²) in [6.45, 7) is 3.50. The van der Waals surface area contributed by atoms with E-state index in [-0.39, 0.29) is 24.4 Å². The molecule has 0 aliphatic carbocycles. The van der Waals surface area contributed by atoms with Crippen molar-refractivity contribution in [2.45, 2.75) is 44.7 Å². The SMILES string of the molecule is CCc1ccc(C(C)NC(=O)C2CC(F)(F)CN2)cc1.Cl. The number of carbonyl (C=O) groups is 1. The van der Waals surface area contributed by atoms with Gasteiger partial charge >= 0.3 is 0 Å². The van der Waals surface area contributed by atoms with Crippen LogP contribution in [0, 0.1) is 0 Å². The third-order valence-corrected chi connectivity index (χ3v) is 3.67. The molecular weight excluding hydrogens is 298 g/mol. The molecule has 2 unspecified atom stereocenters. The number of carbonyl (C=O) groups excluding carboxylic acids is 1. The summed E-state index contributed by atoms with van der Waals surface area (Å²) in [5.41, 5.74) is 2.20. The lowest BCUT2D eigenvalue weighted by molar-refractivity contribution is -0.124. The van der Waals surface area contributed by atoms with Crippen molar-refractivity contribution in [3.05, 3.63) is 35.4 Å². The second kappa shape index (κ2) is 7.18. The highest BCUT2D eigenvalue weighted by atomic mass is 35.5. The molecular formula is C15H21ClF2N2O. The van der Waals surface area contributed by atoms with Crippen molar-refractivity contribution in [2.75, 3.05) is 6.54 Å². The van der Waals surface area contributed by atoms with E-state index in [0.29, 0.717) is 0 Å². The summed E-state index contributed by atoms with van der Waals surface area (Å²) >= 11 is 0. The van der Waals surface area contributed by atoms with Gasteiger partial charge in [-0.05, 0) is 24.5 Å². The Balaban J connectivity index is 0.00000220. The zero-order valence-electron chi connectivity index (χ0n) is 12.2. The van der Waals surface area contributed by atoms with Crippen LogP contribution < -0.4 is 10.6 Å². The number of alkyl halides is 2. The second-order valence-corrected chi connectivity index (χ2v) is 5.32. The van der Waals surface area contributed by atoms with Crippen LogP contribution in [0.1, 0.15) is 37.4 Å². The van der Waals surface area contributed by atoms with Crippen molar-refractivity contribution in [2.24, 2.45) is 0 Å². The molecule has 0 spiro atoms. The van der Waals surface area contributed by atoms with Crippen LogP contribution in [0.5, 0.6) is 0 Å². The summed E-state index contributed by atoms with van der Waals surface area (Å²) in [5, 5.41) is 5.34. The summed E-state index contributed by atoms with van der Waals surface area (Å²) in [6, 6.07) is 6.95. The van der Waals surface area contributed by atoms with E-state index in [1.807, 2.05) is 31.2 Å². The van der Waals surface area contributed by atoms with E-state index in [9.17, 15) is 13.6 Å². The molecule has 3 nitrogen and oxygen atoms in total. The maximum absolute atomic E-state index is 13.1. The fourth-order valence-electron chi connectivity index (χ4n) is 2.34. The van der Waals surface area contributed by atoms with E-state index in [4.69, 9.17) is 0 Å². The molecule has 2 rings (SSSR count). The number of halogens is 3. The van der Waals surface area contributed by atoms with E-state index >= 15 is 0 Å². The topological polar surface area (TPSA) is 41.1 Å². The fourth-order valence-corrected chi connectivity index (χ4v) is 2.34. The zero-order chi connectivity index (χ0) is 14.8. The minimum atomic E-state index is -2.78. The van der Waals surface area contributed by atoms with Gasteiger partial charge in [-0.2, -0.15) is 0 Å². The van der Waals surface area contributed by atoms with Gasteiger partial charge in [-0.25, -0.2) is 8.78 Å². The van der Waals surface area contributed by atoms with E-state index in [2.05, 4.69) is 17.6 Å². The Labute approximate surface area is 129 Å². The maximum atomic E-state index is 13.1. The number of hydrogen-bond acceptors (Lipinski definition) is 2. The lowest BCUT2D eigenvalue weighted by Crippen LogP contribution is -2.41. The van der Waals surface area contributed by atoms with Gasteiger partial charge < -0.3 is 5.32 Å². The highest BCUT2D eigenvalue weighted by molar-refractivity contribution is 5.85. The van der Waals surface area contributed by atoms with Crippen molar-refractivity contribution in [1.82, 2.24) is 10.6 Å². The first-order chi connectivity index (χ1) is 9.41. The normalized spacial score (nSPS) is 21.4. The first-order valence-corrected chi connectivity index (χ1v) is 6.92. The largest absolute Gasteiger partial charge is 0.348 e. The van der Waals surface area contributed by atoms with Gasteiger partial charge in [-0.1, -0.05) is 31.2 Å². The Morgan fingerprint density at radius 3 is 2.52 bits per heavy atom. The zero-order valence-corrected chi connectivity index (χ0v) is 13.0. The number of rotatable bonds is 4. The molecule has 1 amide bonds. The average Bonchev–Trinajstić information content (AvgIpc) is 2.79. The summed E-state index contributed by atoms with van der Waals surface area (Å²) in [4.78, 5) is 11.9. The molecule has 1 saturated heterocycles. The Hall–Kier alpha value is -1.20. The molecule has 1 aliphatic heterocycles. The average molecular weight is 319 g/mol. The molecule has 1 heterocycles. The van der Waals surface area contributed by atoms with Crippen molar-refractivity contribution < 1.29 is 13.6 Å². The highest BCUT2D eigenvalue weighted by Gasteiger charge is 2.42. The Kier molecular flexibility index (Phi) is 6.10. The molecule has 1 aliphatic rings. The van der Waals surface area contributed by atoms with Crippen molar-refractivity contribution in [1.29, 1.82) is 0 Å². The second-order valence-electron chi connectivity index (χ2n) is 5.32. The predicted molar refractivity (Wildman–Crippen MR) is 81.0 cm³/mol. The van der Waals surface area contributed by atoms with E-state index in [1.54, 1.807) is 0 Å². The molecule has 0 aromatic heterocycles. The predicted octanol–water partition coefficient (Wildman–Crippen LogP) is 2.85. The number of amides is 1. The Morgan fingerprint density at radius 2 is 2.05 bits per heavy atom. The molecule has 118 valence electrons. The van der Waals surface area contributed by atoms with Crippen molar-refractivity contribution in [3.8, 4) is 0 Å². The van der Waals surface area contributed by atoms with Crippen LogP contribution in [0.25, 0.3) is 0 Å². The number of benzene rings is 1. The number of nitrogens with one attached hydrogen (secondary N) is 2. The summed E-state index contributed by atoms with van der Waals surface area (Å²) in [6.07, 6.45) is 0.530. The van der Waals surface area contributed by atoms with Gasteiger partial charge in [-0.15, -0.1) is 12.4 Å². The molecule has 1 fully saturated rings.